The topological polar surface area (TPSA) is 17.8 Å². The molecule has 0 bridgehead atoms. The van der Waals surface area contributed by atoms with E-state index < -0.39 is 0 Å². The van der Waals surface area contributed by atoms with E-state index in [0.717, 1.165) is 17.9 Å². The normalized spacial score (nSPS) is 14.9. The maximum atomic E-state index is 13.2. The second-order valence-corrected chi connectivity index (χ2v) is 6.31. The van der Waals surface area contributed by atoms with Crippen LogP contribution < -0.4 is 0 Å². The minimum atomic E-state index is -0.265. The summed E-state index contributed by atoms with van der Waals surface area (Å²) in [6, 6.07) is 4.69. The van der Waals surface area contributed by atoms with E-state index >= 15 is 0 Å². The number of hydrogen-bond acceptors (Lipinski definition) is 2. The average molecular weight is 287 g/mol. The first-order chi connectivity index (χ1) is 8.52. The van der Waals surface area contributed by atoms with Crippen molar-refractivity contribution < 1.29 is 4.39 Å². The molecule has 1 aromatic carbocycles. The van der Waals surface area contributed by atoms with E-state index in [1.54, 1.807) is 17.8 Å². The molecule has 1 heterocycles. The molecule has 0 saturated heterocycles. The molecule has 0 spiro atoms. The van der Waals surface area contributed by atoms with Gasteiger partial charge in [-0.2, -0.15) is 11.8 Å². The number of alkyl halides is 1. The summed E-state index contributed by atoms with van der Waals surface area (Å²) in [6.07, 6.45) is 2.08. The minimum Gasteiger partial charge on any atom is -0.326 e. The van der Waals surface area contributed by atoms with Crippen LogP contribution in [0.1, 0.15) is 25.0 Å². The number of rotatable bonds is 4. The number of hydrogen-bond donors (Lipinski definition) is 0. The zero-order valence-corrected chi connectivity index (χ0v) is 12.2. The smallest absolute Gasteiger partial charge is 0.127 e. The lowest BCUT2D eigenvalue weighted by atomic mass is 10.3. The van der Waals surface area contributed by atoms with Gasteiger partial charge in [-0.25, -0.2) is 9.37 Å². The molecule has 0 N–H and O–H groups in total. The largest absolute Gasteiger partial charge is 0.326 e. The van der Waals surface area contributed by atoms with Crippen molar-refractivity contribution in [3.8, 4) is 0 Å². The molecule has 0 aliphatic rings. The monoisotopic (exact) mass is 286 g/mol. The molecule has 98 valence electrons. The van der Waals surface area contributed by atoms with E-state index in [0.29, 0.717) is 10.8 Å². The fourth-order valence-corrected chi connectivity index (χ4v) is 2.41. The van der Waals surface area contributed by atoms with E-state index in [-0.39, 0.29) is 11.2 Å². The third-order valence-corrected chi connectivity index (χ3v) is 4.09. The van der Waals surface area contributed by atoms with Crippen LogP contribution in [-0.4, -0.2) is 21.1 Å². The number of thioether (sulfide) groups is 1. The SMILES string of the molecule is CSC(C)Cn1c(C(C)Cl)nc2cc(F)ccc21. The highest BCUT2D eigenvalue weighted by molar-refractivity contribution is 7.99. The lowest BCUT2D eigenvalue weighted by molar-refractivity contribution is 0.629. The van der Waals surface area contributed by atoms with Gasteiger partial charge in [0, 0.05) is 17.9 Å². The summed E-state index contributed by atoms with van der Waals surface area (Å²) in [7, 11) is 0. The van der Waals surface area contributed by atoms with Gasteiger partial charge in [0.15, 0.2) is 0 Å². The second-order valence-electron chi connectivity index (χ2n) is 4.38. The molecular weight excluding hydrogens is 271 g/mol. The van der Waals surface area contributed by atoms with Crippen LogP contribution in [0.15, 0.2) is 18.2 Å². The van der Waals surface area contributed by atoms with Crippen molar-refractivity contribution in [1.82, 2.24) is 9.55 Å². The third-order valence-electron chi connectivity index (χ3n) is 2.94. The highest BCUT2D eigenvalue weighted by atomic mass is 35.5. The number of fused-ring (bicyclic) bond motifs is 1. The molecule has 0 radical (unpaired) electrons. The lowest BCUT2D eigenvalue weighted by Crippen LogP contribution is -2.12. The highest BCUT2D eigenvalue weighted by Gasteiger charge is 2.16. The van der Waals surface area contributed by atoms with Crippen LogP contribution >= 0.6 is 23.4 Å². The number of imidazole rings is 1. The van der Waals surface area contributed by atoms with Crippen molar-refractivity contribution in [1.29, 1.82) is 0 Å². The first kappa shape index (κ1) is 13.7. The van der Waals surface area contributed by atoms with Gasteiger partial charge >= 0.3 is 0 Å². The zero-order chi connectivity index (χ0) is 13.3. The number of nitrogens with zero attached hydrogens (tertiary/aromatic N) is 2. The quantitative estimate of drug-likeness (QED) is 0.783. The van der Waals surface area contributed by atoms with Crippen molar-refractivity contribution in [3.05, 3.63) is 29.8 Å². The van der Waals surface area contributed by atoms with Gasteiger partial charge in [0.2, 0.25) is 0 Å². The second kappa shape index (κ2) is 5.49. The Morgan fingerprint density at radius 2 is 2.17 bits per heavy atom. The van der Waals surface area contributed by atoms with Crippen molar-refractivity contribution >= 4 is 34.4 Å². The Morgan fingerprint density at radius 1 is 1.44 bits per heavy atom. The Bertz CT molecular complexity index is 553. The Hall–Kier alpha value is -0.740. The maximum Gasteiger partial charge on any atom is 0.127 e. The van der Waals surface area contributed by atoms with Crippen LogP contribution in [0.3, 0.4) is 0 Å². The molecule has 2 atom stereocenters. The Morgan fingerprint density at radius 3 is 2.78 bits per heavy atom. The molecule has 2 aromatic rings. The number of aromatic nitrogens is 2. The summed E-state index contributed by atoms with van der Waals surface area (Å²) in [6.45, 7) is 4.87. The van der Waals surface area contributed by atoms with Gasteiger partial charge in [-0.3, -0.25) is 0 Å². The van der Waals surface area contributed by atoms with Crippen LogP contribution in [0.4, 0.5) is 4.39 Å². The molecular formula is C13H16ClFN2S. The van der Waals surface area contributed by atoms with Gasteiger partial charge < -0.3 is 4.57 Å². The Kier molecular flexibility index (Phi) is 4.17. The summed E-state index contributed by atoms with van der Waals surface area (Å²) in [5, 5.41) is 0.274. The van der Waals surface area contributed by atoms with Crippen molar-refractivity contribution in [2.45, 2.75) is 31.0 Å². The van der Waals surface area contributed by atoms with Gasteiger partial charge in [-0.05, 0) is 25.3 Å². The summed E-state index contributed by atoms with van der Waals surface area (Å²) in [5.74, 6) is 0.539. The van der Waals surface area contributed by atoms with Gasteiger partial charge in [-0.15, -0.1) is 11.6 Å². The van der Waals surface area contributed by atoms with Crippen LogP contribution in [0.5, 0.6) is 0 Å². The summed E-state index contributed by atoms with van der Waals surface area (Å²) >= 11 is 7.95. The molecule has 0 aliphatic heterocycles. The third kappa shape index (κ3) is 2.64. The fourth-order valence-electron chi connectivity index (χ4n) is 1.95. The molecule has 2 nitrogen and oxygen atoms in total. The van der Waals surface area contributed by atoms with Crippen molar-refractivity contribution in [2.24, 2.45) is 0 Å². The zero-order valence-electron chi connectivity index (χ0n) is 10.7. The van der Waals surface area contributed by atoms with Crippen molar-refractivity contribution in [2.75, 3.05) is 6.26 Å². The Labute approximate surface area is 116 Å². The predicted octanol–water partition coefficient (Wildman–Crippen LogP) is 4.23. The Balaban J connectivity index is 2.55. The molecule has 18 heavy (non-hydrogen) atoms. The number of halogens is 2. The van der Waals surface area contributed by atoms with Crippen LogP contribution in [0, 0.1) is 5.82 Å². The summed E-state index contributed by atoms with van der Waals surface area (Å²) in [5.41, 5.74) is 1.62. The van der Waals surface area contributed by atoms with E-state index in [1.807, 2.05) is 6.92 Å². The molecule has 0 amide bonds. The van der Waals surface area contributed by atoms with Crippen LogP contribution in [0.25, 0.3) is 11.0 Å². The molecule has 2 rings (SSSR count). The maximum absolute atomic E-state index is 13.2. The first-order valence-electron chi connectivity index (χ1n) is 5.85. The van der Waals surface area contributed by atoms with Crippen LogP contribution in [0.2, 0.25) is 0 Å². The van der Waals surface area contributed by atoms with E-state index in [1.165, 1.54) is 12.1 Å². The van der Waals surface area contributed by atoms with Gasteiger partial charge in [0.25, 0.3) is 0 Å². The van der Waals surface area contributed by atoms with E-state index in [4.69, 9.17) is 11.6 Å². The van der Waals surface area contributed by atoms with Crippen LogP contribution in [-0.2, 0) is 6.54 Å². The van der Waals surface area contributed by atoms with Crippen molar-refractivity contribution in [3.63, 3.8) is 0 Å². The molecule has 2 unspecified atom stereocenters. The van der Waals surface area contributed by atoms with Gasteiger partial charge in [0.1, 0.15) is 11.6 Å². The molecule has 0 saturated carbocycles. The number of benzene rings is 1. The highest BCUT2D eigenvalue weighted by Crippen LogP contribution is 2.26. The predicted molar refractivity (Wildman–Crippen MR) is 76.9 cm³/mol. The van der Waals surface area contributed by atoms with Gasteiger partial charge in [0.05, 0.1) is 16.4 Å². The standard InChI is InChI=1S/C13H16ClFN2S/c1-8(18-3)7-17-12-5-4-10(15)6-11(12)16-13(17)9(2)14/h4-6,8-9H,7H2,1-3H3. The molecule has 0 fully saturated rings. The lowest BCUT2D eigenvalue weighted by Gasteiger charge is -2.14. The molecule has 1 aromatic heterocycles. The van der Waals surface area contributed by atoms with Gasteiger partial charge in [-0.1, -0.05) is 6.92 Å². The van der Waals surface area contributed by atoms with E-state index in [9.17, 15) is 4.39 Å². The first-order valence-corrected chi connectivity index (χ1v) is 7.58. The summed E-state index contributed by atoms with van der Waals surface area (Å²) in [4.78, 5) is 4.44. The minimum absolute atomic E-state index is 0.186. The van der Waals surface area contributed by atoms with E-state index in [2.05, 4.69) is 22.7 Å². The fraction of sp³-hybridized carbons (Fsp3) is 0.462. The summed E-state index contributed by atoms with van der Waals surface area (Å²) < 4.78 is 15.3. The molecule has 0 aliphatic carbocycles. The average Bonchev–Trinajstić information content (AvgIpc) is 2.67. The molecule has 5 heteroatoms.